The second-order valence-electron chi connectivity index (χ2n) is 4.74. The largest absolute Gasteiger partial charge is 0.481 e. The van der Waals surface area contributed by atoms with Crippen LogP contribution in [-0.4, -0.2) is 27.1 Å². The lowest BCUT2D eigenvalue weighted by atomic mass is 10.2. The maximum Gasteiger partial charge on any atom is 0.413 e. The van der Waals surface area contributed by atoms with E-state index < -0.39 is 24.0 Å². The molecule has 3 N–H and O–H groups in total. The minimum Gasteiger partial charge on any atom is -0.481 e. The van der Waals surface area contributed by atoms with E-state index in [4.69, 9.17) is 9.84 Å². The summed E-state index contributed by atoms with van der Waals surface area (Å²) in [6, 6.07) is 9.04. The van der Waals surface area contributed by atoms with Crippen LogP contribution in [0.2, 0.25) is 0 Å². The second-order valence-corrected chi connectivity index (χ2v) is 4.74. The first-order valence-electron chi connectivity index (χ1n) is 6.75. The maximum atomic E-state index is 11.8. The minimum atomic E-state index is -1.21. The molecule has 0 bridgehead atoms. The Bertz CT molecular complexity index is 770. The van der Waals surface area contributed by atoms with Crippen molar-refractivity contribution < 1.29 is 19.4 Å². The normalized spacial score (nSPS) is 10.1. The summed E-state index contributed by atoms with van der Waals surface area (Å²) in [5.74, 6) is -1.07. The molecule has 1 aromatic heterocycles. The van der Waals surface area contributed by atoms with Crippen LogP contribution in [0.3, 0.4) is 0 Å². The quantitative estimate of drug-likeness (QED) is 0.767. The monoisotopic (exact) mass is 317 g/mol. The van der Waals surface area contributed by atoms with Gasteiger partial charge in [0.05, 0.1) is 12.0 Å². The molecule has 0 saturated carbocycles. The molecule has 2 rings (SSSR count). The van der Waals surface area contributed by atoms with Crippen LogP contribution < -0.4 is 10.9 Å². The van der Waals surface area contributed by atoms with Crippen LogP contribution in [0, 0.1) is 6.92 Å². The smallest absolute Gasteiger partial charge is 0.413 e. The lowest BCUT2D eigenvalue weighted by Gasteiger charge is -2.10. The van der Waals surface area contributed by atoms with Crippen molar-refractivity contribution in [2.45, 2.75) is 20.0 Å². The molecule has 0 aliphatic heterocycles. The Morgan fingerprint density at radius 1 is 1.30 bits per heavy atom. The number of H-pyrrole nitrogens is 1. The fourth-order valence-corrected chi connectivity index (χ4v) is 1.88. The molecular weight excluding hydrogens is 302 g/mol. The van der Waals surface area contributed by atoms with E-state index in [1.54, 1.807) is 12.1 Å². The molecule has 0 atom stereocenters. The van der Waals surface area contributed by atoms with E-state index in [0.717, 1.165) is 5.56 Å². The van der Waals surface area contributed by atoms with E-state index >= 15 is 0 Å². The Morgan fingerprint density at radius 3 is 2.65 bits per heavy atom. The summed E-state index contributed by atoms with van der Waals surface area (Å²) in [6.07, 6.45) is -1.38. The molecule has 1 heterocycles. The van der Waals surface area contributed by atoms with Gasteiger partial charge in [-0.25, -0.2) is 9.78 Å². The van der Waals surface area contributed by atoms with Gasteiger partial charge in [-0.15, -0.1) is 0 Å². The van der Waals surface area contributed by atoms with Crippen molar-refractivity contribution in [1.82, 2.24) is 9.97 Å². The van der Waals surface area contributed by atoms with Crippen molar-refractivity contribution in [1.29, 1.82) is 0 Å². The lowest BCUT2D eigenvalue weighted by molar-refractivity contribution is -0.136. The number of benzene rings is 1. The lowest BCUT2D eigenvalue weighted by Crippen LogP contribution is -2.24. The molecule has 0 saturated heterocycles. The van der Waals surface area contributed by atoms with Gasteiger partial charge in [0.25, 0.3) is 5.56 Å². The number of nitrogens with zero attached hydrogens (tertiary/aromatic N) is 1. The van der Waals surface area contributed by atoms with Crippen molar-refractivity contribution in [3.63, 3.8) is 0 Å². The summed E-state index contributed by atoms with van der Waals surface area (Å²) in [5, 5.41) is 11.2. The summed E-state index contributed by atoms with van der Waals surface area (Å²) < 4.78 is 5.02. The molecular formula is C15H15N3O5. The van der Waals surface area contributed by atoms with Crippen LogP contribution in [0.15, 0.2) is 35.1 Å². The Balaban J connectivity index is 2.10. The van der Waals surface area contributed by atoms with Gasteiger partial charge in [-0.2, -0.15) is 0 Å². The number of carboxylic acid groups (broad SMARTS) is 1. The maximum absolute atomic E-state index is 11.8. The van der Waals surface area contributed by atoms with Crippen LogP contribution in [0.4, 0.5) is 10.6 Å². The van der Waals surface area contributed by atoms with Crippen molar-refractivity contribution in [3.05, 3.63) is 57.6 Å². The summed E-state index contributed by atoms with van der Waals surface area (Å²) in [4.78, 5) is 40.8. The summed E-state index contributed by atoms with van der Waals surface area (Å²) in [7, 11) is 0. The van der Waals surface area contributed by atoms with Crippen LogP contribution >= 0.6 is 0 Å². The van der Waals surface area contributed by atoms with Crippen LogP contribution in [0.5, 0.6) is 0 Å². The highest BCUT2D eigenvalue weighted by atomic mass is 16.5. The standard InChI is InChI=1S/C15H15N3O5/c1-9-16-13(11(7-12(19)20)14(21)17-9)18-15(22)23-8-10-5-3-2-4-6-10/h2-6H,7-8H2,1H3,(H,19,20)(H2,16,17,18,21,22). The summed E-state index contributed by atoms with van der Waals surface area (Å²) >= 11 is 0. The zero-order valence-electron chi connectivity index (χ0n) is 12.3. The summed E-state index contributed by atoms with van der Waals surface area (Å²) in [6.45, 7) is 1.57. The number of ether oxygens (including phenoxy) is 1. The Kier molecular flexibility index (Phi) is 5.08. The average Bonchev–Trinajstić information content (AvgIpc) is 2.49. The van der Waals surface area contributed by atoms with Crippen molar-refractivity contribution >= 4 is 17.9 Å². The molecule has 120 valence electrons. The number of rotatable bonds is 5. The Morgan fingerprint density at radius 2 is 2.00 bits per heavy atom. The zero-order chi connectivity index (χ0) is 16.8. The number of aliphatic carboxylic acids is 1. The number of carbonyl (C=O) groups is 2. The highest BCUT2D eigenvalue weighted by Crippen LogP contribution is 2.10. The molecule has 1 aromatic carbocycles. The number of carboxylic acids is 1. The first-order chi connectivity index (χ1) is 11.0. The van der Waals surface area contributed by atoms with Gasteiger partial charge in [0.1, 0.15) is 18.2 Å². The molecule has 8 heteroatoms. The SMILES string of the molecule is Cc1nc(NC(=O)OCc2ccccc2)c(CC(=O)O)c(=O)[nH]1. The molecule has 23 heavy (non-hydrogen) atoms. The predicted octanol–water partition coefficient (Wildman–Crippen LogP) is 1.45. The number of aryl methyl sites for hydroxylation is 1. The van der Waals surface area contributed by atoms with Crippen molar-refractivity contribution in [2.75, 3.05) is 5.32 Å². The van der Waals surface area contributed by atoms with Crippen LogP contribution in [0.25, 0.3) is 0 Å². The molecule has 0 unspecified atom stereocenters. The number of hydrogen-bond donors (Lipinski definition) is 3. The fraction of sp³-hybridized carbons (Fsp3) is 0.200. The predicted molar refractivity (Wildman–Crippen MR) is 81.2 cm³/mol. The molecule has 2 aromatic rings. The number of anilines is 1. The number of aromatic amines is 1. The average molecular weight is 317 g/mol. The number of carbonyl (C=O) groups excluding carboxylic acids is 1. The van der Waals surface area contributed by atoms with Gasteiger partial charge in [-0.05, 0) is 12.5 Å². The van der Waals surface area contributed by atoms with Gasteiger partial charge in [0, 0.05) is 0 Å². The van der Waals surface area contributed by atoms with Gasteiger partial charge in [0.15, 0.2) is 0 Å². The topological polar surface area (TPSA) is 121 Å². The molecule has 8 nitrogen and oxygen atoms in total. The first kappa shape index (κ1) is 16.2. The number of nitrogens with one attached hydrogen (secondary N) is 2. The fourth-order valence-electron chi connectivity index (χ4n) is 1.88. The molecule has 0 radical (unpaired) electrons. The number of aromatic nitrogens is 2. The van der Waals surface area contributed by atoms with Crippen LogP contribution in [-0.2, 0) is 22.6 Å². The van der Waals surface area contributed by atoms with Gasteiger partial charge >= 0.3 is 12.1 Å². The van der Waals surface area contributed by atoms with Crippen molar-refractivity contribution in [3.8, 4) is 0 Å². The number of amides is 1. The highest BCUT2D eigenvalue weighted by Gasteiger charge is 2.16. The van der Waals surface area contributed by atoms with Crippen molar-refractivity contribution in [2.24, 2.45) is 0 Å². The highest BCUT2D eigenvalue weighted by molar-refractivity contribution is 5.85. The van der Waals surface area contributed by atoms with E-state index in [9.17, 15) is 14.4 Å². The van der Waals surface area contributed by atoms with Gasteiger partial charge in [0.2, 0.25) is 0 Å². The van der Waals surface area contributed by atoms with Gasteiger partial charge in [-0.3, -0.25) is 14.9 Å². The molecule has 0 fully saturated rings. The first-order valence-corrected chi connectivity index (χ1v) is 6.75. The van der Waals surface area contributed by atoms with E-state index in [1.807, 2.05) is 18.2 Å². The van der Waals surface area contributed by atoms with E-state index in [1.165, 1.54) is 6.92 Å². The van der Waals surface area contributed by atoms with E-state index in [2.05, 4.69) is 15.3 Å². The van der Waals surface area contributed by atoms with Crippen LogP contribution in [0.1, 0.15) is 17.0 Å². The van der Waals surface area contributed by atoms with Gasteiger partial charge in [-0.1, -0.05) is 30.3 Å². The third-order valence-electron chi connectivity index (χ3n) is 2.90. The number of hydrogen-bond acceptors (Lipinski definition) is 5. The van der Waals surface area contributed by atoms with E-state index in [0.29, 0.717) is 0 Å². The molecule has 0 aliphatic rings. The third-order valence-corrected chi connectivity index (χ3v) is 2.90. The van der Waals surface area contributed by atoms with E-state index in [-0.39, 0.29) is 23.8 Å². The molecule has 0 spiro atoms. The summed E-state index contributed by atoms with van der Waals surface area (Å²) in [5.41, 5.74) is 0.0430. The Hall–Kier alpha value is -3.16. The van der Waals surface area contributed by atoms with Gasteiger partial charge < -0.3 is 14.8 Å². The second kappa shape index (κ2) is 7.21. The third kappa shape index (κ3) is 4.67. The molecule has 1 amide bonds. The Labute approximate surface area is 131 Å². The minimum absolute atomic E-state index is 0.0448. The molecule has 0 aliphatic carbocycles. The zero-order valence-corrected chi connectivity index (χ0v) is 12.3.